The van der Waals surface area contributed by atoms with E-state index in [1.165, 1.54) is 6.20 Å². The lowest BCUT2D eigenvalue weighted by atomic mass is 10.2. The summed E-state index contributed by atoms with van der Waals surface area (Å²) in [4.78, 5) is 4.50. The molecule has 0 unspecified atom stereocenters. The van der Waals surface area contributed by atoms with Crippen LogP contribution >= 0.6 is 34.2 Å². The zero-order valence-corrected chi connectivity index (χ0v) is 14.4. The molecule has 0 aliphatic heterocycles. The summed E-state index contributed by atoms with van der Waals surface area (Å²) in [6, 6.07) is 13.7. The lowest BCUT2D eigenvalue weighted by Gasteiger charge is -2.09. The molecule has 21 heavy (non-hydrogen) atoms. The van der Waals surface area contributed by atoms with Crippen molar-refractivity contribution < 1.29 is 8.42 Å². The van der Waals surface area contributed by atoms with Gasteiger partial charge < -0.3 is 0 Å². The Labute approximate surface area is 141 Å². The number of hydrogen-bond donors (Lipinski definition) is 0. The second-order valence-corrected chi connectivity index (χ2v) is 7.85. The van der Waals surface area contributed by atoms with E-state index < -0.39 is 9.84 Å². The number of rotatable bonds is 2. The Balaban J connectivity index is 2.30. The molecule has 1 aromatic heterocycles. The summed E-state index contributed by atoms with van der Waals surface area (Å²) in [5.41, 5.74) is 0.704. The van der Waals surface area contributed by atoms with E-state index in [9.17, 15) is 8.42 Å². The number of pyridine rings is 1. The molecule has 0 radical (unpaired) electrons. The lowest BCUT2D eigenvalue weighted by molar-refractivity contribution is 0.596. The molecule has 0 fully saturated rings. The second kappa shape index (κ2) is 5.55. The van der Waals surface area contributed by atoms with Crippen molar-refractivity contribution in [1.82, 2.24) is 4.98 Å². The van der Waals surface area contributed by atoms with E-state index in [0.29, 0.717) is 10.9 Å². The summed E-state index contributed by atoms with van der Waals surface area (Å²) >= 11 is 8.47. The predicted octanol–water partition coefficient (Wildman–Crippen LogP) is 4.33. The normalized spacial score (nSPS) is 11.7. The molecule has 0 N–H and O–H groups in total. The highest BCUT2D eigenvalue weighted by molar-refractivity contribution is 14.1. The third kappa shape index (κ3) is 2.54. The van der Waals surface area contributed by atoms with E-state index in [-0.39, 0.29) is 14.8 Å². The van der Waals surface area contributed by atoms with Crippen LogP contribution in [0.4, 0.5) is 0 Å². The monoisotopic (exact) mass is 429 g/mol. The molecular weight excluding hydrogens is 421 g/mol. The summed E-state index contributed by atoms with van der Waals surface area (Å²) in [6.45, 7) is 0. The lowest BCUT2D eigenvalue weighted by Crippen LogP contribution is -2.04. The molecule has 0 saturated carbocycles. The summed E-state index contributed by atoms with van der Waals surface area (Å²) in [5.74, 6) is 0. The van der Waals surface area contributed by atoms with E-state index in [0.717, 1.165) is 3.57 Å². The van der Waals surface area contributed by atoms with Gasteiger partial charge in [0.15, 0.2) is 0 Å². The number of halogens is 2. The van der Waals surface area contributed by atoms with Crippen molar-refractivity contribution >= 4 is 54.9 Å². The molecule has 6 heteroatoms. The van der Waals surface area contributed by atoms with Crippen molar-refractivity contribution in [2.75, 3.05) is 0 Å². The van der Waals surface area contributed by atoms with Gasteiger partial charge in [-0.25, -0.2) is 8.42 Å². The fourth-order valence-corrected chi connectivity index (χ4v) is 4.50. The smallest absolute Gasteiger partial charge is 0.209 e. The number of benzene rings is 2. The van der Waals surface area contributed by atoms with Crippen LogP contribution in [0.1, 0.15) is 0 Å². The maximum absolute atomic E-state index is 12.7. The summed E-state index contributed by atoms with van der Waals surface area (Å²) in [5, 5.41) is 0.850. The van der Waals surface area contributed by atoms with Crippen LogP contribution in [0.3, 0.4) is 0 Å². The Morgan fingerprint density at radius 1 is 1.00 bits per heavy atom. The Hall–Kier alpha value is -1.18. The van der Waals surface area contributed by atoms with Crippen LogP contribution in [0.2, 0.25) is 5.02 Å². The van der Waals surface area contributed by atoms with Crippen LogP contribution in [0.25, 0.3) is 10.9 Å². The number of aromatic nitrogens is 1. The highest BCUT2D eigenvalue weighted by Gasteiger charge is 2.23. The van der Waals surface area contributed by atoms with Crippen LogP contribution in [-0.2, 0) is 9.84 Å². The van der Waals surface area contributed by atoms with Gasteiger partial charge >= 0.3 is 0 Å². The Bertz CT molecular complexity index is 927. The fourth-order valence-electron chi connectivity index (χ4n) is 2.05. The first-order valence-corrected chi connectivity index (χ1v) is 8.98. The molecule has 106 valence electrons. The number of para-hydroxylation sites is 1. The van der Waals surface area contributed by atoms with Gasteiger partial charge in [0, 0.05) is 15.2 Å². The molecule has 2 aromatic carbocycles. The van der Waals surface area contributed by atoms with Gasteiger partial charge in [0.25, 0.3) is 0 Å². The molecule has 0 amide bonds. The first-order chi connectivity index (χ1) is 10.0. The predicted molar refractivity (Wildman–Crippen MR) is 91.4 cm³/mol. The van der Waals surface area contributed by atoms with Gasteiger partial charge in [-0.1, -0.05) is 41.9 Å². The zero-order valence-electron chi connectivity index (χ0n) is 10.6. The molecule has 1 heterocycles. The van der Waals surface area contributed by atoms with Crippen LogP contribution in [0.5, 0.6) is 0 Å². The van der Waals surface area contributed by atoms with Gasteiger partial charge in [-0.15, -0.1) is 0 Å². The minimum absolute atomic E-state index is 0.0323. The zero-order chi connectivity index (χ0) is 15.0. The van der Waals surface area contributed by atoms with E-state index in [2.05, 4.69) is 27.6 Å². The fraction of sp³-hybridized carbons (Fsp3) is 0. The van der Waals surface area contributed by atoms with E-state index in [4.69, 9.17) is 11.6 Å². The minimum atomic E-state index is -3.67. The average Bonchev–Trinajstić information content (AvgIpc) is 2.49. The molecule has 0 spiro atoms. The van der Waals surface area contributed by atoms with Gasteiger partial charge in [0.1, 0.15) is 4.90 Å². The van der Waals surface area contributed by atoms with Crippen LogP contribution in [-0.4, -0.2) is 13.4 Å². The number of sulfone groups is 1. The van der Waals surface area contributed by atoms with E-state index in [1.54, 1.807) is 36.4 Å². The van der Waals surface area contributed by atoms with E-state index >= 15 is 0 Å². The first kappa shape index (κ1) is 14.7. The van der Waals surface area contributed by atoms with Gasteiger partial charge in [-0.3, -0.25) is 4.98 Å². The van der Waals surface area contributed by atoms with Crippen molar-refractivity contribution in [2.24, 2.45) is 0 Å². The average molecular weight is 430 g/mol. The standard InChI is InChI=1S/C15H9ClINO2S/c16-14-11-7-4-8-12(17)15(11)18-9-13(14)21(19,20)10-5-2-1-3-6-10/h1-9H. The molecular formula is C15H9ClINO2S. The van der Waals surface area contributed by atoms with Crippen molar-refractivity contribution in [2.45, 2.75) is 9.79 Å². The maximum Gasteiger partial charge on any atom is 0.209 e. The highest BCUT2D eigenvalue weighted by Crippen LogP contribution is 2.33. The number of hydrogen-bond acceptors (Lipinski definition) is 3. The Morgan fingerprint density at radius 3 is 2.43 bits per heavy atom. The third-order valence-electron chi connectivity index (χ3n) is 3.09. The maximum atomic E-state index is 12.7. The minimum Gasteiger partial charge on any atom is -0.254 e. The molecule has 0 atom stereocenters. The van der Waals surface area contributed by atoms with Crippen molar-refractivity contribution in [1.29, 1.82) is 0 Å². The Morgan fingerprint density at radius 2 is 1.71 bits per heavy atom. The molecule has 3 aromatic rings. The molecule has 0 aliphatic rings. The van der Waals surface area contributed by atoms with Gasteiger partial charge in [-0.05, 0) is 40.8 Å². The second-order valence-electron chi connectivity index (χ2n) is 4.39. The van der Waals surface area contributed by atoms with Crippen molar-refractivity contribution in [3.63, 3.8) is 0 Å². The number of nitrogens with zero attached hydrogens (tertiary/aromatic N) is 1. The quantitative estimate of drug-likeness (QED) is 0.570. The largest absolute Gasteiger partial charge is 0.254 e. The van der Waals surface area contributed by atoms with Gasteiger partial charge in [-0.2, -0.15) is 0 Å². The van der Waals surface area contributed by atoms with Crippen molar-refractivity contribution in [3.05, 3.63) is 63.3 Å². The van der Waals surface area contributed by atoms with Crippen LogP contribution in [0.15, 0.2) is 64.5 Å². The summed E-state index contributed by atoms with van der Waals surface area (Å²) in [7, 11) is -3.67. The molecule has 3 rings (SSSR count). The van der Waals surface area contributed by atoms with Gasteiger partial charge in [0.2, 0.25) is 9.84 Å². The Kier molecular flexibility index (Phi) is 3.90. The SMILES string of the molecule is O=S(=O)(c1ccccc1)c1cnc2c(I)cccc2c1Cl. The third-order valence-corrected chi connectivity index (χ3v) is 6.26. The highest BCUT2D eigenvalue weighted by atomic mass is 127. The molecule has 0 aliphatic carbocycles. The van der Waals surface area contributed by atoms with Gasteiger partial charge in [0.05, 0.1) is 15.4 Å². The molecule has 0 saturated heterocycles. The first-order valence-electron chi connectivity index (χ1n) is 6.04. The molecule has 0 bridgehead atoms. The summed E-state index contributed by atoms with van der Waals surface area (Å²) < 4.78 is 26.2. The summed E-state index contributed by atoms with van der Waals surface area (Å²) in [6.07, 6.45) is 1.33. The topological polar surface area (TPSA) is 47.0 Å². The van der Waals surface area contributed by atoms with Crippen LogP contribution < -0.4 is 0 Å². The van der Waals surface area contributed by atoms with Crippen molar-refractivity contribution in [3.8, 4) is 0 Å². The molecule has 3 nitrogen and oxygen atoms in total. The number of fused-ring (bicyclic) bond motifs is 1. The van der Waals surface area contributed by atoms with Crippen LogP contribution in [0, 0.1) is 3.57 Å². The van der Waals surface area contributed by atoms with E-state index in [1.807, 2.05) is 12.1 Å².